The Morgan fingerprint density at radius 2 is 2.11 bits per heavy atom. The molecule has 5 nitrogen and oxygen atoms in total. The van der Waals surface area contributed by atoms with Crippen LogP contribution in [0.2, 0.25) is 5.02 Å². The van der Waals surface area contributed by atoms with Gasteiger partial charge in [0.15, 0.2) is 0 Å². The maximum absolute atomic E-state index is 6.46. The van der Waals surface area contributed by atoms with Gasteiger partial charge in [-0.1, -0.05) is 11.6 Å². The van der Waals surface area contributed by atoms with Crippen LogP contribution in [0.25, 0.3) is 11.0 Å². The van der Waals surface area contributed by atoms with Crippen LogP contribution < -0.4 is 9.64 Å². The molecule has 0 amide bonds. The Hall–Kier alpha value is -1.59. The molecule has 1 saturated heterocycles. The number of nitrogens with zero attached hydrogens (tertiary/aromatic N) is 3. The SMILES string of the molecule is COc1ccc2ncc(N3CCOCC3)c(Cl)c2n1. The molecule has 1 aliphatic rings. The average Bonchev–Trinajstić information content (AvgIpc) is 2.48. The van der Waals surface area contributed by atoms with Crippen LogP contribution in [0.4, 0.5) is 5.69 Å². The topological polar surface area (TPSA) is 47.5 Å². The Morgan fingerprint density at radius 3 is 2.84 bits per heavy atom. The molecule has 100 valence electrons. The number of halogens is 1. The monoisotopic (exact) mass is 279 g/mol. The lowest BCUT2D eigenvalue weighted by molar-refractivity contribution is 0.122. The van der Waals surface area contributed by atoms with Crippen molar-refractivity contribution < 1.29 is 9.47 Å². The smallest absolute Gasteiger partial charge is 0.213 e. The molecule has 0 atom stereocenters. The van der Waals surface area contributed by atoms with E-state index in [9.17, 15) is 0 Å². The van der Waals surface area contributed by atoms with Gasteiger partial charge in [-0.3, -0.25) is 4.98 Å². The van der Waals surface area contributed by atoms with Gasteiger partial charge in [-0.15, -0.1) is 0 Å². The molecule has 6 heteroatoms. The van der Waals surface area contributed by atoms with E-state index in [0.717, 1.165) is 24.3 Å². The Labute approximate surface area is 116 Å². The first-order valence-corrected chi connectivity index (χ1v) is 6.49. The highest BCUT2D eigenvalue weighted by Gasteiger charge is 2.17. The number of hydrogen-bond acceptors (Lipinski definition) is 5. The van der Waals surface area contributed by atoms with E-state index in [-0.39, 0.29) is 0 Å². The standard InChI is InChI=1S/C13H14ClN3O2/c1-18-11-3-2-9-13(16-11)12(14)10(8-15-9)17-4-6-19-7-5-17/h2-3,8H,4-7H2,1H3. The van der Waals surface area contributed by atoms with Gasteiger partial charge in [0.1, 0.15) is 5.52 Å². The van der Waals surface area contributed by atoms with Gasteiger partial charge in [0.05, 0.1) is 42.7 Å². The Morgan fingerprint density at radius 1 is 1.32 bits per heavy atom. The molecule has 0 aliphatic carbocycles. The van der Waals surface area contributed by atoms with Crippen LogP contribution in [-0.4, -0.2) is 43.4 Å². The number of ether oxygens (including phenoxy) is 2. The maximum atomic E-state index is 6.46. The summed E-state index contributed by atoms with van der Waals surface area (Å²) in [5.41, 5.74) is 2.34. The lowest BCUT2D eigenvalue weighted by Crippen LogP contribution is -2.36. The third-order valence-electron chi connectivity index (χ3n) is 3.17. The fourth-order valence-corrected chi connectivity index (χ4v) is 2.45. The zero-order chi connectivity index (χ0) is 13.2. The van der Waals surface area contributed by atoms with Gasteiger partial charge >= 0.3 is 0 Å². The molecule has 0 spiro atoms. The van der Waals surface area contributed by atoms with E-state index in [1.54, 1.807) is 19.4 Å². The fourth-order valence-electron chi connectivity index (χ4n) is 2.15. The number of fused-ring (bicyclic) bond motifs is 1. The third-order valence-corrected chi connectivity index (χ3v) is 3.54. The van der Waals surface area contributed by atoms with Crippen molar-refractivity contribution in [1.29, 1.82) is 0 Å². The molecule has 0 N–H and O–H groups in total. The predicted octanol–water partition coefficient (Wildman–Crippen LogP) is 2.13. The fraction of sp³-hybridized carbons (Fsp3) is 0.385. The minimum absolute atomic E-state index is 0.537. The largest absolute Gasteiger partial charge is 0.481 e. The molecular weight excluding hydrogens is 266 g/mol. The number of anilines is 1. The molecule has 2 aromatic heterocycles. The molecule has 0 bridgehead atoms. The molecule has 3 heterocycles. The highest BCUT2D eigenvalue weighted by atomic mass is 35.5. The Kier molecular flexibility index (Phi) is 3.40. The quantitative estimate of drug-likeness (QED) is 0.843. The van der Waals surface area contributed by atoms with Crippen molar-refractivity contribution in [3.05, 3.63) is 23.4 Å². The molecule has 1 fully saturated rings. The van der Waals surface area contributed by atoms with Crippen LogP contribution in [0.5, 0.6) is 5.88 Å². The summed E-state index contributed by atoms with van der Waals surface area (Å²) < 4.78 is 10.5. The van der Waals surface area contributed by atoms with Crippen LogP contribution in [0.1, 0.15) is 0 Å². The lowest BCUT2D eigenvalue weighted by Gasteiger charge is -2.29. The second kappa shape index (κ2) is 5.19. The molecule has 2 aromatic rings. The Balaban J connectivity index is 2.07. The zero-order valence-corrected chi connectivity index (χ0v) is 11.4. The van der Waals surface area contributed by atoms with Crippen LogP contribution in [0.3, 0.4) is 0 Å². The first-order valence-electron chi connectivity index (χ1n) is 6.11. The summed E-state index contributed by atoms with van der Waals surface area (Å²) in [6.07, 6.45) is 1.80. The van der Waals surface area contributed by atoms with Crippen molar-refractivity contribution in [2.24, 2.45) is 0 Å². The van der Waals surface area contributed by atoms with Gasteiger partial charge in [-0.2, -0.15) is 0 Å². The van der Waals surface area contributed by atoms with Gasteiger partial charge in [-0.05, 0) is 6.07 Å². The van der Waals surface area contributed by atoms with Gasteiger partial charge in [-0.25, -0.2) is 4.98 Å². The number of hydrogen-bond donors (Lipinski definition) is 0. The van der Waals surface area contributed by atoms with Gasteiger partial charge in [0.25, 0.3) is 0 Å². The van der Waals surface area contributed by atoms with E-state index in [1.165, 1.54) is 0 Å². The van der Waals surface area contributed by atoms with E-state index in [2.05, 4.69) is 14.9 Å². The Bertz CT molecular complexity index is 600. The summed E-state index contributed by atoms with van der Waals surface area (Å²) in [6.45, 7) is 3.05. The summed E-state index contributed by atoms with van der Waals surface area (Å²) in [5, 5.41) is 0.616. The lowest BCUT2D eigenvalue weighted by atomic mass is 10.2. The molecule has 0 aromatic carbocycles. The van der Waals surface area contributed by atoms with Crippen LogP contribution in [-0.2, 0) is 4.74 Å². The number of methoxy groups -OCH3 is 1. The highest BCUT2D eigenvalue weighted by molar-refractivity contribution is 6.37. The van der Waals surface area contributed by atoms with E-state index < -0.39 is 0 Å². The normalized spacial score (nSPS) is 15.8. The van der Waals surface area contributed by atoms with Crippen molar-refractivity contribution in [1.82, 2.24) is 9.97 Å². The molecule has 0 saturated carbocycles. The molecule has 3 rings (SSSR count). The third kappa shape index (κ3) is 2.31. The summed E-state index contributed by atoms with van der Waals surface area (Å²) in [7, 11) is 1.58. The molecular formula is C13H14ClN3O2. The van der Waals surface area contributed by atoms with Crippen molar-refractivity contribution in [2.75, 3.05) is 38.3 Å². The van der Waals surface area contributed by atoms with E-state index in [1.807, 2.05) is 6.07 Å². The maximum Gasteiger partial charge on any atom is 0.213 e. The van der Waals surface area contributed by atoms with Gasteiger partial charge in [0.2, 0.25) is 5.88 Å². The van der Waals surface area contributed by atoms with E-state index >= 15 is 0 Å². The molecule has 0 unspecified atom stereocenters. The average molecular weight is 280 g/mol. The molecule has 0 radical (unpaired) electrons. The van der Waals surface area contributed by atoms with Gasteiger partial charge < -0.3 is 14.4 Å². The van der Waals surface area contributed by atoms with Crippen molar-refractivity contribution in [2.45, 2.75) is 0 Å². The highest BCUT2D eigenvalue weighted by Crippen LogP contribution is 2.32. The number of aromatic nitrogens is 2. The summed E-state index contributed by atoms with van der Waals surface area (Å²) in [5.74, 6) is 0.537. The summed E-state index contributed by atoms with van der Waals surface area (Å²) >= 11 is 6.46. The number of morpholine rings is 1. The second-order valence-electron chi connectivity index (χ2n) is 4.28. The molecule has 19 heavy (non-hydrogen) atoms. The van der Waals surface area contributed by atoms with Crippen LogP contribution in [0, 0.1) is 0 Å². The number of rotatable bonds is 2. The van der Waals surface area contributed by atoms with Crippen LogP contribution >= 0.6 is 11.6 Å². The van der Waals surface area contributed by atoms with E-state index in [0.29, 0.717) is 29.6 Å². The molecule has 1 aliphatic heterocycles. The van der Waals surface area contributed by atoms with Crippen molar-refractivity contribution in [3.8, 4) is 5.88 Å². The zero-order valence-electron chi connectivity index (χ0n) is 10.6. The predicted molar refractivity (Wildman–Crippen MR) is 74.1 cm³/mol. The minimum Gasteiger partial charge on any atom is -0.481 e. The summed E-state index contributed by atoms with van der Waals surface area (Å²) in [4.78, 5) is 10.9. The first kappa shape index (κ1) is 12.4. The van der Waals surface area contributed by atoms with Gasteiger partial charge in [0, 0.05) is 19.2 Å². The van der Waals surface area contributed by atoms with E-state index in [4.69, 9.17) is 21.1 Å². The minimum atomic E-state index is 0.537. The van der Waals surface area contributed by atoms with Crippen LogP contribution in [0.15, 0.2) is 18.3 Å². The number of pyridine rings is 2. The van der Waals surface area contributed by atoms with Crippen molar-refractivity contribution >= 4 is 28.3 Å². The summed E-state index contributed by atoms with van der Waals surface area (Å²) in [6, 6.07) is 3.64. The van der Waals surface area contributed by atoms with Crippen molar-refractivity contribution in [3.63, 3.8) is 0 Å². The second-order valence-corrected chi connectivity index (χ2v) is 4.66. The first-order chi connectivity index (χ1) is 9.29.